The van der Waals surface area contributed by atoms with Gasteiger partial charge in [-0.3, -0.25) is 4.98 Å². The van der Waals surface area contributed by atoms with Crippen molar-refractivity contribution < 1.29 is 0 Å². The molecule has 0 atom stereocenters. The second-order valence-corrected chi connectivity index (χ2v) is 4.12. The van der Waals surface area contributed by atoms with E-state index >= 15 is 0 Å². The third-order valence-electron chi connectivity index (χ3n) is 2.55. The van der Waals surface area contributed by atoms with Crippen LogP contribution in [0, 0.1) is 0 Å². The fraction of sp³-hybridized carbons (Fsp3) is 0.615. The van der Waals surface area contributed by atoms with Gasteiger partial charge in [0.2, 0.25) is 0 Å². The van der Waals surface area contributed by atoms with Gasteiger partial charge in [-0.1, -0.05) is 13.0 Å². The Morgan fingerprint density at radius 2 is 2.19 bits per heavy atom. The van der Waals surface area contributed by atoms with Crippen molar-refractivity contribution >= 4 is 0 Å². The minimum Gasteiger partial charge on any atom is -0.317 e. The number of nitrogens with zero attached hydrogens (tertiary/aromatic N) is 2. The molecular formula is C13H23N3. The number of hydrogen-bond donors (Lipinski definition) is 1. The normalized spacial score (nSPS) is 10.9. The molecule has 1 heterocycles. The molecule has 0 bridgehead atoms. The van der Waals surface area contributed by atoms with Crippen LogP contribution in [-0.4, -0.2) is 36.6 Å². The van der Waals surface area contributed by atoms with E-state index in [1.54, 1.807) is 0 Å². The Labute approximate surface area is 98.9 Å². The van der Waals surface area contributed by atoms with Crippen LogP contribution in [0.5, 0.6) is 0 Å². The van der Waals surface area contributed by atoms with Crippen LogP contribution >= 0.6 is 0 Å². The van der Waals surface area contributed by atoms with Crippen molar-refractivity contribution in [2.45, 2.75) is 26.3 Å². The first kappa shape index (κ1) is 13.1. The summed E-state index contributed by atoms with van der Waals surface area (Å²) in [4.78, 5) is 6.65. The number of pyridine rings is 1. The van der Waals surface area contributed by atoms with Crippen molar-refractivity contribution in [1.82, 2.24) is 15.2 Å². The molecule has 0 unspecified atom stereocenters. The highest BCUT2D eigenvalue weighted by molar-refractivity contribution is 5.02. The molecule has 1 rings (SSSR count). The van der Waals surface area contributed by atoms with Gasteiger partial charge < -0.3 is 10.2 Å². The maximum atomic E-state index is 4.32. The minimum absolute atomic E-state index is 0.946. The topological polar surface area (TPSA) is 28.2 Å². The Hall–Kier alpha value is -0.930. The molecule has 3 nitrogen and oxygen atoms in total. The maximum absolute atomic E-state index is 4.32. The van der Waals surface area contributed by atoms with E-state index in [1.165, 1.54) is 12.8 Å². The van der Waals surface area contributed by atoms with Crippen molar-refractivity contribution in [3.63, 3.8) is 0 Å². The van der Waals surface area contributed by atoms with Gasteiger partial charge in [-0.05, 0) is 51.7 Å². The van der Waals surface area contributed by atoms with E-state index in [-0.39, 0.29) is 0 Å². The Kier molecular flexibility index (Phi) is 6.77. The highest BCUT2D eigenvalue weighted by Gasteiger charge is 2.00. The SMILES string of the molecule is CCNCCCCN(C)Cc1ccccn1. The van der Waals surface area contributed by atoms with E-state index in [4.69, 9.17) is 0 Å². The van der Waals surface area contributed by atoms with Gasteiger partial charge in [0, 0.05) is 12.7 Å². The fourth-order valence-corrected chi connectivity index (χ4v) is 1.66. The molecule has 0 aliphatic carbocycles. The van der Waals surface area contributed by atoms with Crippen LogP contribution in [0.3, 0.4) is 0 Å². The van der Waals surface area contributed by atoms with Gasteiger partial charge in [0.25, 0.3) is 0 Å². The van der Waals surface area contributed by atoms with Gasteiger partial charge >= 0.3 is 0 Å². The maximum Gasteiger partial charge on any atom is 0.0543 e. The standard InChI is InChI=1S/C13H23N3/c1-3-14-9-6-7-11-16(2)12-13-8-4-5-10-15-13/h4-5,8,10,14H,3,6-7,9,11-12H2,1-2H3. The molecule has 0 saturated carbocycles. The molecule has 1 aromatic heterocycles. The zero-order valence-electron chi connectivity index (χ0n) is 10.4. The molecule has 0 aliphatic heterocycles. The Morgan fingerprint density at radius 1 is 1.31 bits per heavy atom. The van der Waals surface area contributed by atoms with Crippen LogP contribution in [0.2, 0.25) is 0 Å². The predicted molar refractivity (Wildman–Crippen MR) is 68.3 cm³/mol. The van der Waals surface area contributed by atoms with E-state index in [9.17, 15) is 0 Å². The Morgan fingerprint density at radius 3 is 2.88 bits per heavy atom. The van der Waals surface area contributed by atoms with Crippen molar-refractivity contribution in [3.8, 4) is 0 Å². The van der Waals surface area contributed by atoms with E-state index in [0.717, 1.165) is 31.9 Å². The highest BCUT2D eigenvalue weighted by Crippen LogP contribution is 2.00. The van der Waals surface area contributed by atoms with Gasteiger partial charge in [-0.25, -0.2) is 0 Å². The quantitative estimate of drug-likeness (QED) is 0.680. The molecule has 90 valence electrons. The third-order valence-corrected chi connectivity index (χ3v) is 2.55. The largest absolute Gasteiger partial charge is 0.317 e. The van der Waals surface area contributed by atoms with E-state index in [2.05, 4.69) is 35.2 Å². The number of rotatable bonds is 8. The molecule has 0 amide bonds. The molecule has 0 spiro atoms. The summed E-state index contributed by atoms with van der Waals surface area (Å²) in [5, 5.41) is 3.34. The molecule has 0 saturated heterocycles. The summed E-state index contributed by atoms with van der Waals surface area (Å²) in [5.74, 6) is 0. The zero-order chi connectivity index (χ0) is 11.6. The summed E-state index contributed by atoms with van der Waals surface area (Å²) >= 11 is 0. The summed E-state index contributed by atoms with van der Waals surface area (Å²) in [6.45, 7) is 6.44. The zero-order valence-corrected chi connectivity index (χ0v) is 10.4. The summed E-state index contributed by atoms with van der Waals surface area (Å²) in [7, 11) is 2.15. The summed E-state index contributed by atoms with van der Waals surface area (Å²) in [5.41, 5.74) is 1.15. The molecule has 1 N–H and O–H groups in total. The average Bonchev–Trinajstić information content (AvgIpc) is 2.30. The molecule has 16 heavy (non-hydrogen) atoms. The van der Waals surface area contributed by atoms with Crippen molar-refractivity contribution in [2.75, 3.05) is 26.7 Å². The lowest BCUT2D eigenvalue weighted by molar-refractivity contribution is 0.314. The smallest absolute Gasteiger partial charge is 0.0543 e. The Bertz CT molecular complexity index is 261. The predicted octanol–water partition coefficient (Wildman–Crippen LogP) is 1.90. The number of aromatic nitrogens is 1. The first-order valence-corrected chi connectivity index (χ1v) is 6.12. The second kappa shape index (κ2) is 8.25. The van der Waals surface area contributed by atoms with Crippen molar-refractivity contribution in [3.05, 3.63) is 30.1 Å². The molecule has 3 heteroatoms. The fourth-order valence-electron chi connectivity index (χ4n) is 1.66. The van der Waals surface area contributed by atoms with Crippen LogP contribution in [0.15, 0.2) is 24.4 Å². The second-order valence-electron chi connectivity index (χ2n) is 4.12. The molecule has 0 fully saturated rings. The number of unbranched alkanes of at least 4 members (excludes halogenated alkanes) is 1. The first-order chi connectivity index (χ1) is 7.83. The lowest BCUT2D eigenvalue weighted by Crippen LogP contribution is -2.21. The molecule has 1 aromatic rings. The van der Waals surface area contributed by atoms with Crippen molar-refractivity contribution in [2.24, 2.45) is 0 Å². The monoisotopic (exact) mass is 221 g/mol. The van der Waals surface area contributed by atoms with Gasteiger partial charge in [0.1, 0.15) is 0 Å². The summed E-state index contributed by atoms with van der Waals surface area (Å²) in [6, 6.07) is 6.08. The van der Waals surface area contributed by atoms with Crippen molar-refractivity contribution in [1.29, 1.82) is 0 Å². The Balaban J connectivity index is 2.09. The molecule has 0 aliphatic rings. The highest BCUT2D eigenvalue weighted by atomic mass is 15.1. The van der Waals surface area contributed by atoms with Gasteiger partial charge in [-0.2, -0.15) is 0 Å². The third kappa shape index (κ3) is 5.83. The summed E-state index contributed by atoms with van der Waals surface area (Å²) < 4.78 is 0. The van der Waals surface area contributed by atoms with E-state index in [0.29, 0.717) is 0 Å². The number of hydrogen-bond acceptors (Lipinski definition) is 3. The molecule has 0 aromatic carbocycles. The van der Waals surface area contributed by atoms with Gasteiger partial charge in [-0.15, -0.1) is 0 Å². The van der Waals surface area contributed by atoms with Gasteiger partial charge in [0.05, 0.1) is 5.69 Å². The molecular weight excluding hydrogens is 198 g/mol. The molecule has 0 radical (unpaired) electrons. The van der Waals surface area contributed by atoms with Crippen LogP contribution in [0.25, 0.3) is 0 Å². The van der Waals surface area contributed by atoms with Crippen LogP contribution in [0.1, 0.15) is 25.5 Å². The lowest BCUT2D eigenvalue weighted by atomic mass is 10.2. The van der Waals surface area contributed by atoms with Crippen LogP contribution in [0.4, 0.5) is 0 Å². The van der Waals surface area contributed by atoms with Crippen LogP contribution in [-0.2, 0) is 6.54 Å². The average molecular weight is 221 g/mol. The van der Waals surface area contributed by atoms with Gasteiger partial charge in [0.15, 0.2) is 0 Å². The first-order valence-electron chi connectivity index (χ1n) is 6.12. The van der Waals surface area contributed by atoms with Crippen LogP contribution < -0.4 is 5.32 Å². The lowest BCUT2D eigenvalue weighted by Gasteiger charge is -2.15. The minimum atomic E-state index is 0.946. The van der Waals surface area contributed by atoms with E-state index < -0.39 is 0 Å². The summed E-state index contributed by atoms with van der Waals surface area (Å²) in [6.07, 6.45) is 4.35. The number of nitrogens with one attached hydrogen (secondary N) is 1. The van der Waals surface area contributed by atoms with E-state index in [1.807, 2.05) is 18.3 Å².